The van der Waals surface area contributed by atoms with Crippen LogP contribution in [0.2, 0.25) is 0 Å². The number of hydrogen-bond donors (Lipinski definition) is 1. The van der Waals surface area contributed by atoms with Gasteiger partial charge in [-0.05, 0) is 30.5 Å². The van der Waals surface area contributed by atoms with E-state index in [-0.39, 0.29) is 30.8 Å². The van der Waals surface area contributed by atoms with Gasteiger partial charge in [-0.25, -0.2) is 4.68 Å². The lowest BCUT2D eigenvalue weighted by Gasteiger charge is -2.13. The standard InChI is InChI=1S/C18H16N6O4S/c1-11(10-27-18-22-21-16(28-18)14-7-4-8-29-14)19-15(25)9-24-17(26)12-5-2-3-6-13(12)20-23-24/h2-8,11H,9-10H2,1H3,(H,19,25). The summed E-state index contributed by atoms with van der Waals surface area (Å²) >= 11 is 1.48. The van der Waals surface area contributed by atoms with Crippen LogP contribution in [0.25, 0.3) is 21.7 Å². The van der Waals surface area contributed by atoms with Gasteiger partial charge in [0.25, 0.3) is 11.4 Å². The van der Waals surface area contributed by atoms with Gasteiger partial charge < -0.3 is 14.5 Å². The number of fused-ring (bicyclic) bond motifs is 1. The average molecular weight is 412 g/mol. The zero-order chi connectivity index (χ0) is 20.2. The lowest BCUT2D eigenvalue weighted by atomic mass is 10.2. The van der Waals surface area contributed by atoms with Crippen molar-refractivity contribution in [3.63, 3.8) is 0 Å². The molecule has 4 aromatic rings. The van der Waals surface area contributed by atoms with Gasteiger partial charge in [-0.3, -0.25) is 9.59 Å². The Balaban J connectivity index is 1.32. The Kier molecular flexibility index (Phi) is 5.29. The van der Waals surface area contributed by atoms with Crippen LogP contribution in [0.5, 0.6) is 6.08 Å². The predicted octanol–water partition coefficient (Wildman–Crippen LogP) is 1.49. The first-order valence-electron chi connectivity index (χ1n) is 8.72. The normalized spacial score (nSPS) is 12.0. The molecule has 0 fully saturated rings. The minimum absolute atomic E-state index is 0.0196. The highest BCUT2D eigenvalue weighted by atomic mass is 32.1. The van der Waals surface area contributed by atoms with Crippen molar-refractivity contribution in [1.82, 2.24) is 30.5 Å². The fourth-order valence-electron chi connectivity index (χ4n) is 2.59. The minimum atomic E-state index is -0.391. The Morgan fingerprint density at radius 3 is 2.93 bits per heavy atom. The molecule has 0 saturated carbocycles. The highest BCUT2D eigenvalue weighted by Gasteiger charge is 2.15. The van der Waals surface area contributed by atoms with E-state index in [1.165, 1.54) is 11.3 Å². The second-order valence-corrected chi connectivity index (χ2v) is 7.15. The first kappa shape index (κ1) is 18.7. The number of rotatable bonds is 7. The molecule has 0 radical (unpaired) electrons. The maximum atomic E-state index is 12.4. The van der Waals surface area contributed by atoms with E-state index in [0.29, 0.717) is 16.8 Å². The van der Waals surface area contributed by atoms with Crippen molar-refractivity contribution in [3.8, 4) is 16.8 Å². The molecule has 0 bridgehead atoms. The van der Waals surface area contributed by atoms with Gasteiger partial charge in [-0.1, -0.05) is 28.5 Å². The van der Waals surface area contributed by atoms with Gasteiger partial charge in [0.05, 0.1) is 16.3 Å². The molecule has 3 heterocycles. The molecular weight excluding hydrogens is 396 g/mol. The first-order valence-corrected chi connectivity index (χ1v) is 9.60. The molecule has 0 saturated heterocycles. The van der Waals surface area contributed by atoms with Gasteiger partial charge >= 0.3 is 6.08 Å². The van der Waals surface area contributed by atoms with Gasteiger partial charge in [-0.15, -0.1) is 21.5 Å². The molecule has 4 rings (SSSR count). The molecule has 1 amide bonds. The third-order valence-electron chi connectivity index (χ3n) is 3.93. The second-order valence-electron chi connectivity index (χ2n) is 6.20. The van der Waals surface area contributed by atoms with Gasteiger partial charge in [0.1, 0.15) is 18.7 Å². The number of carbonyl (C=O) groups is 1. The number of carbonyl (C=O) groups excluding carboxylic acids is 1. The van der Waals surface area contributed by atoms with Crippen LogP contribution in [-0.2, 0) is 11.3 Å². The summed E-state index contributed by atoms with van der Waals surface area (Å²) in [5.74, 6) is -0.0153. The van der Waals surface area contributed by atoms with Crippen LogP contribution in [0, 0.1) is 0 Å². The molecule has 10 nitrogen and oxygen atoms in total. The van der Waals surface area contributed by atoms with Crippen LogP contribution in [0.15, 0.2) is 51.0 Å². The Bertz CT molecular complexity index is 1190. The zero-order valence-corrected chi connectivity index (χ0v) is 16.1. The SMILES string of the molecule is CC(COc1nnc(-c2cccs2)o1)NC(=O)Cn1nnc2ccccc2c1=O. The summed E-state index contributed by atoms with van der Waals surface area (Å²) in [6.07, 6.45) is 0.0196. The highest BCUT2D eigenvalue weighted by Crippen LogP contribution is 2.25. The average Bonchev–Trinajstić information content (AvgIpc) is 3.40. The zero-order valence-electron chi connectivity index (χ0n) is 15.3. The third-order valence-corrected chi connectivity index (χ3v) is 4.78. The van der Waals surface area contributed by atoms with Crippen molar-refractivity contribution >= 4 is 28.1 Å². The molecule has 0 aliphatic rings. The monoisotopic (exact) mass is 412 g/mol. The Labute approximate surface area is 168 Å². The molecule has 3 aromatic heterocycles. The Morgan fingerprint density at radius 2 is 2.10 bits per heavy atom. The van der Waals surface area contributed by atoms with Crippen molar-refractivity contribution in [2.24, 2.45) is 0 Å². The lowest BCUT2D eigenvalue weighted by Crippen LogP contribution is -2.41. The van der Waals surface area contributed by atoms with Crippen LogP contribution < -0.4 is 15.6 Å². The number of aromatic nitrogens is 5. The number of ether oxygens (including phenoxy) is 1. The van der Waals surface area contributed by atoms with Crippen molar-refractivity contribution in [1.29, 1.82) is 0 Å². The third kappa shape index (κ3) is 4.29. The second kappa shape index (κ2) is 8.19. The Hall–Kier alpha value is -3.60. The van der Waals surface area contributed by atoms with Crippen LogP contribution >= 0.6 is 11.3 Å². The molecular formula is C18H16N6O4S. The maximum Gasteiger partial charge on any atom is 0.415 e. The van der Waals surface area contributed by atoms with Crippen molar-refractivity contribution in [3.05, 3.63) is 52.1 Å². The summed E-state index contributed by atoms with van der Waals surface area (Å²) in [7, 11) is 0. The molecule has 0 spiro atoms. The summed E-state index contributed by atoms with van der Waals surface area (Å²) in [6.45, 7) is 1.63. The van der Waals surface area contributed by atoms with E-state index in [1.54, 1.807) is 31.2 Å². The van der Waals surface area contributed by atoms with E-state index in [9.17, 15) is 9.59 Å². The smallest absolute Gasteiger partial charge is 0.415 e. The largest absolute Gasteiger partial charge is 0.447 e. The van der Waals surface area contributed by atoms with Gasteiger partial charge in [0.2, 0.25) is 5.91 Å². The number of amides is 1. The highest BCUT2D eigenvalue weighted by molar-refractivity contribution is 7.13. The molecule has 1 atom stereocenters. The van der Waals surface area contributed by atoms with E-state index in [1.807, 2.05) is 17.5 Å². The van der Waals surface area contributed by atoms with Crippen molar-refractivity contribution in [2.75, 3.05) is 6.61 Å². The molecule has 1 N–H and O–H groups in total. The van der Waals surface area contributed by atoms with E-state index in [4.69, 9.17) is 9.15 Å². The van der Waals surface area contributed by atoms with E-state index in [2.05, 4.69) is 25.8 Å². The van der Waals surface area contributed by atoms with Gasteiger partial charge in [-0.2, -0.15) is 0 Å². The molecule has 148 valence electrons. The number of thiophene rings is 1. The van der Waals surface area contributed by atoms with E-state index >= 15 is 0 Å². The van der Waals surface area contributed by atoms with Gasteiger partial charge in [0, 0.05) is 0 Å². The van der Waals surface area contributed by atoms with Gasteiger partial charge in [0.15, 0.2) is 0 Å². The first-order chi connectivity index (χ1) is 14.1. The molecule has 0 aliphatic carbocycles. The fraction of sp³-hybridized carbons (Fsp3) is 0.222. The van der Waals surface area contributed by atoms with Crippen LogP contribution in [0.3, 0.4) is 0 Å². The van der Waals surface area contributed by atoms with Crippen molar-refractivity contribution in [2.45, 2.75) is 19.5 Å². The summed E-state index contributed by atoms with van der Waals surface area (Å²) in [5.41, 5.74) is 0.110. The maximum absolute atomic E-state index is 12.4. The van der Waals surface area contributed by atoms with E-state index in [0.717, 1.165) is 9.56 Å². The number of benzene rings is 1. The number of nitrogens with zero attached hydrogens (tertiary/aromatic N) is 5. The molecule has 29 heavy (non-hydrogen) atoms. The topological polar surface area (TPSA) is 125 Å². The van der Waals surface area contributed by atoms with Crippen molar-refractivity contribution < 1.29 is 13.9 Å². The predicted molar refractivity (Wildman–Crippen MR) is 105 cm³/mol. The summed E-state index contributed by atoms with van der Waals surface area (Å²) in [6, 6.07) is 10.2. The van der Waals surface area contributed by atoms with Crippen LogP contribution in [0.4, 0.5) is 0 Å². The fourth-order valence-corrected chi connectivity index (χ4v) is 3.23. The molecule has 0 aliphatic heterocycles. The van der Waals surface area contributed by atoms with Crippen LogP contribution in [0.1, 0.15) is 6.92 Å². The quantitative estimate of drug-likeness (QED) is 0.484. The van der Waals surface area contributed by atoms with E-state index < -0.39 is 5.91 Å². The Morgan fingerprint density at radius 1 is 1.24 bits per heavy atom. The van der Waals surface area contributed by atoms with Crippen LogP contribution in [-0.4, -0.2) is 43.7 Å². The molecule has 1 unspecified atom stereocenters. The number of nitrogens with one attached hydrogen (secondary N) is 1. The molecule has 11 heteroatoms. The molecule has 1 aromatic carbocycles. The summed E-state index contributed by atoms with van der Waals surface area (Å²) in [5, 5.41) is 20.5. The lowest BCUT2D eigenvalue weighted by molar-refractivity contribution is -0.122. The number of hydrogen-bond acceptors (Lipinski definition) is 9. The summed E-state index contributed by atoms with van der Waals surface area (Å²) < 4.78 is 11.9. The summed E-state index contributed by atoms with van der Waals surface area (Å²) in [4.78, 5) is 25.5. The minimum Gasteiger partial charge on any atom is -0.447 e.